The Hall–Kier alpha value is -0.750. The molecular weight excluding hydrogens is 176 g/mol. The minimum Gasteiger partial charge on any atom is -0.330 e. The van der Waals surface area contributed by atoms with Crippen LogP contribution in [0.25, 0.3) is 0 Å². The molecule has 0 saturated carbocycles. The van der Waals surface area contributed by atoms with Gasteiger partial charge in [0.25, 0.3) is 0 Å². The quantitative estimate of drug-likeness (QED) is 0.676. The Morgan fingerprint density at radius 1 is 1.75 bits per heavy atom. The lowest BCUT2D eigenvalue weighted by molar-refractivity contribution is 0.661. The summed E-state index contributed by atoms with van der Waals surface area (Å²) in [5, 5.41) is 7.90. The predicted octanol–water partition coefficient (Wildman–Crippen LogP) is -0.728. The summed E-state index contributed by atoms with van der Waals surface area (Å²) in [6.45, 7) is 0.559. The van der Waals surface area contributed by atoms with Gasteiger partial charge in [0, 0.05) is 12.8 Å². The minimum absolute atomic E-state index is 0.517. The van der Waals surface area contributed by atoms with Gasteiger partial charge in [-0.25, -0.2) is 0 Å². The Morgan fingerprint density at radius 2 is 2.50 bits per heavy atom. The lowest BCUT2D eigenvalue weighted by Gasteiger charge is -1.98. The zero-order valence-corrected chi connectivity index (χ0v) is 7.75. The second-order valence-electron chi connectivity index (χ2n) is 2.42. The van der Waals surface area contributed by atoms with E-state index in [9.17, 15) is 4.21 Å². The van der Waals surface area contributed by atoms with Gasteiger partial charge in [0.05, 0.1) is 10.8 Å². The molecule has 0 radical (unpaired) electrons. The molecule has 1 atom stereocenters. The molecule has 0 aromatic carbocycles. The van der Waals surface area contributed by atoms with Gasteiger partial charge in [-0.05, 0) is 13.0 Å². The second kappa shape index (κ2) is 4.32. The van der Waals surface area contributed by atoms with Crippen molar-refractivity contribution in [1.82, 2.24) is 14.8 Å². The number of aryl methyl sites for hydroxylation is 1. The predicted molar refractivity (Wildman–Crippen MR) is 45.9 cm³/mol. The van der Waals surface area contributed by atoms with E-state index in [0.717, 1.165) is 6.42 Å². The van der Waals surface area contributed by atoms with Crippen molar-refractivity contribution in [2.75, 3.05) is 12.3 Å². The number of hydrogen-bond donors (Lipinski definition) is 1. The largest absolute Gasteiger partial charge is 0.330 e. The van der Waals surface area contributed by atoms with Crippen molar-refractivity contribution < 1.29 is 4.21 Å². The SMILES string of the molecule is Cn1cnnc1S(=O)CCCN. The summed E-state index contributed by atoms with van der Waals surface area (Å²) >= 11 is 0. The summed E-state index contributed by atoms with van der Waals surface area (Å²) in [5.41, 5.74) is 5.29. The maximum atomic E-state index is 11.4. The molecule has 6 heteroatoms. The Bertz CT molecular complexity index is 272. The lowest BCUT2D eigenvalue weighted by Crippen LogP contribution is -2.09. The highest BCUT2D eigenvalue weighted by Crippen LogP contribution is 2.00. The molecule has 0 aliphatic carbocycles. The van der Waals surface area contributed by atoms with Crippen molar-refractivity contribution in [1.29, 1.82) is 0 Å². The summed E-state index contributed by atoms with van der Waals surface area (Å²) in [6.07, 6.45) is 2.29. The molecule has 2 N–H and O–H groups in total. The fourth-order valence-electron chi connectivity index (χ4n) is 0.784. The number of nitrogens with zero attached hydrogens (tertiary/aromatic N) is 3. The molecule has 0 spiro atoms. The van der Waals surface area contributed by atoms with Crippen LogP contribution in [0.3, 0.4) is 0 Å². The molecule has 0 fully saturated rings. The van der Waals surface area contributed by atoms with Gasteiger partial charge in [0.2, 0.25) is 5.16 Å². The summed E-state index contributed by atoms with van der Waals surface area (Å²) < 4.78 is 13.1. The van der Waals surface area contributed by atoms with E-state index >= 15 is 0 Å². The highest BCUT2D eigenvalue weighted by Gasteiger charge is 2.08. The highest BCUT2D eigenvalue weighted by atomic mass is 32.2. The van der Waals surface area contributed by atoms with Gasteiger partial charge in [-0.1, -0.05) is 0 Å². The molecule has 1 rings (SSSR count). The van der Waals surface area contributed by atoms with Crippen LogP contribution in [0.1, 0.15) is 6.42 Å². The molecule has 5 nitrogen and oxygen atoms in total. The first-order valence-corrected chi connectivity index (χ1v) is 5.00. The molecule has 0 aliphatic heterocycles. The fraction of sp³-hybridized carbons (Fsp3) is 0.667. The normalized spacial score (nSPS) is 13.2. The average Bonchev–Trinajstić information content (AvgIpc) is 2.47. The van der Waals surface area contributed by atoms with Crippen molar-refractivity contribution >= 4 is 10.8 Å². The van der Waals surface area contributed by atoms with Gasteiger partial charge in [0.15, 0.2) is 0 Å². The first kappa shape index (κ1) is 9.34. The van der Waals surface area contributed by atoms with E-state index in [1.165, 1.54) is 6.33 Å². The molecule has 0 aliphatic rings. The van der Waals surface area contributed by atoms with E-state index in [1.54, 1.807) is 11.6 Å². The van der Waals surface area contributed by atoms with Gasteiger partial charge in [0.1, 0.15) is 6.33 Å². The van der Waals surface area contributed by atoms with E-state index in [1.807, 2.05) is 0 Å². The van der Waals surface area contributed by atoms with Crippen LogP contribution in [0.15, 0.2) is 11.5 Å². The van der Waals surface area contributed by atoms with E-state index in [4.69, 9.17) is 5.73 Å². The molecular formula is C6H12N4OS. The molecule has 68 valence electrons. The zero-order valence-electron chi connectivity index (χ0n) is 6.93. The molecule has 1 unspecified atom stereocenters. The lowest BCUT2D eigenvalue weighted by atomic mass is 10.5. The van der Waals surface area contributed by atoms with E-state index in [-0.39, 0.29) is 0 Å². The molecule has 12 heavy (non-hydrogen) atoms. The molecule has 0 bridgehead atoms. The summed E-state index contributed by atoms with van der Waals surface area (Å²) in [4.78, 5) is 0. The number of rotatable bonds is 4. The van der Waals surface area contributed by atoms with Gasteiger partial charge in [-0.3, -0.25) is 4.21 Å². The maximum absolute atomic E-state index is 11.4. The van der Waals surface area contributed by atoms with Crippen LogP contribution in [-0.4, -0.2) is 31.3 Å². The minimum atomic E-state index is -1.05. The summed E-state index contributed by atoms with van der Waals surface area (Å²) in [6, 6.07) is 0. The highest BCUT2D eigenvalue weighted by molar-refractivity contribution is 7.84. The van der Waals surface area contributed by atoms with Gasteiger partial charge in [-0.15, -0.1) is 10.2 Å². The van der Waals surface area contributed by atoms with Crippen LogP contribution in [-0.2, 0) is 17.8 Å². The van der Waals surface area contributed by atoms with Crippen LogP contribution in [0.2, 0.25) is 0 Å². The third-order valence-electron chi connectivity index (χ3n) is 1.41. The van der Waals surface area contributed by atoms with Gasteiger partial charge >= 0.3 is 0 Å². The molecule has 1 heterocycles. The Kier molecular flexibility index (Phi) is 3.36. The maximum Gasteiger partial charge on any atom is 0.221 e. The standard InChI is InChI=1S/C6H12N4OS/c1-10-5-8-9-6(10)12(11)4-2-3-7/h5H,2-4,7H2,1H3. The van der Waals surface area contributed by atoms with E-state index in [2.05, 4.69) is 10.2 Å². The first-order chi connectivity index (χ1) is 5.75. The second-order valence-corrected chi connectivity index (χ2v) is 3.88. The van der Waals surface area contributed by atoms with Crippen molar-refractivity contribution in [2.45, 2.75) is 11.6 Å². The Morgan fingerprint density at radius 3 is 3.00 bits per heavy atom. The van der Waals surface area contributed by atoms with Crippen LogP contribution >= 0.6 is 0 Å². The smallest absolute Gasteiger partial charge is 0.221 e. The van der Waals surface area contributed by atoms with Crippen molar-refractivity contribution in [3.8, 4) is 0 Å². The average molecular weight is 188 g/mol. The zero-order chi connectivity index (χ0) is 8.97. The summed E-state index contributed by atoms with van der Waals surface area (Å²) in [5.74, 6) is 0.559. The van der Waals surface area contributed by atoms with Gasteiger partial charge < -0.3 is 10.3 Å². The van der Waals surface area contributed by atoms with E-state index in [0.29, 0.717) is 17.5 Å². The number of hydrogen-bond acceptors (Lipinski definition) is 4. The number of nitrogens with two attached hydrogens (primary N) is 1. The van der Waals surface area contributed by atoms with Crippen LogP contribution < -0.4 is 5.73 Å². The molecule has 0 amide bonds. The van der Waals surface area contributed by atoms with Gasteiger partial charge in [-0.2, -0.15) is 0 Å². The van der Waals surface area contributed by atoms with E-state index < -0.39 is 10.8 Å². The molecule has 0 saturated heterocycles. The number of aromatic nitrogens is 3. The van der Waals surface area contributed by atoms with Crippen LogP contribution in [0, 0.1) is 0 Å². The molecule has 1 aromatic rings. The Balaban J connectivity index is 2.59. The fourth-order valence-corrected chi connectivity index (χ4v) is 1.90. The van der Waals surface area contributed by atoms with Crippen molar-refractivity contribution in [3.05, 3.63) is 6.33 Å². The third kappa shape index (κ3) is 2.12. The Labute approximate surface area is 73.4 Å². The van der Waals surface area contributed by atoms with Crippen LogP contribution in [0.5, 0.6) is 0 Å². The first-order valence-electron chi connectivity index (χ1n) is 3.68. The van der Waals surface area contributed by atoms with Crippen molar-refractivity contribution in [2.24, 2.45) is 12.8 Å². The third-order valence-corrected chi connectivity index (χ3v) is 2.84. The molecule has 1 aromatic heterocycles. The van der Waals surface area contributed by atoms with Crippen LogP contribution in [0.4, 0.5) is 0 Å². The monoisotopic (exact) mass is 188 g/mol. The van der Waals surface area contributed by atoms with Crippen molar-refractivity contribution in [3.63, 3.8) is 0 Å². The summed E-state index contributed by atoms with van der Waals surface area (Å²) in [7, 11) is 0.719. The topological polar surface area (TPSA) is 73.8 Å².